The van der Waals surface area contributed by atoms with Crippen LogP contribution in [0.4, 0.5) is 0 Å². The number of aromatic amines is 1. The molecule has 0 bridgehead atoms. The van der Waals surface area contributed by atoms with Crippen LogP contribution in [0.1, 0.15) is 40.0 Å². The lowest BCUT2D eigenvalue weighted by atomic mass is 9.98. The average Bonchev–Trinajstić information content (AvgIpc) is 3.39. The number of nitrogens with one attached hydrogen (secondary N) is 1. The van der Waals surface area contributed by atoms with Crippen LogP contribution >= 0.6 is 0 Å². The fourth-order valence-electron chi connectivity index (χ4n) is 6.45. The third kappa shape index (κ3) is 3.20. The topological polar surface area (TPSA) is 102 Å². The molecule has 2 aliphatic heterocycles. The Morgan fingerprint density at radius 2 is 2.00 bits per heavy atom. The molecule has 2 fully saturated rings. The molecule has 2 unspecified atom stereocenters. The van der Waals surface area contributed by atoms with Crippen LogP contribution in [0.15, 0.2) is 23.0 Å². The zero-order chi connectivity index (χ0) is 23.7. The number of pyridine rings is 1. The van der Waals surface area contributed by atoms with E-state index >= 15 is 0 Å². The summed E-state index contributed by atoms with van der Waals surface area (Å²) in [5.74, 6) is -1.05. The van der Waals surface area contributed by atoms with Gasteiger partial charge in [-0.15, -0.1) is 0 Å². The molecule has 0 spiro atoms. The van der Waals surface area contributed by atoms with Crippen molar-refractivity contribution in [1.82, 2.24) is 19.4 Å². The Hall–Kier alpha value is -3.10. The van der Waals surface area contributed by atoms with Gasteiger partial charge in [-0.25, -0.2) is 4.79 Å². The van der Waals surface area contributed by atoms with Crippen molar-refractivity contribution < 1.29 is 15.0 Å². The number of aromatic nitrogens is 2. The van der Waals surface area contributed by atoms with Crippen molar-refractivity contribution in [3.05, 3.63) is 50.9 Å². The SMILES string of the molecule is CN1CCC2CN(Cc3cc4cc5c(cc4n3C)CCCc3c-5[nH]c(=O)c(C(=O)O)c3O)CC21. The standard InChI is InChI=1S/C26H30N4O4/c1-28-7-6-15-11-30(13-21(15)28)12-17-8-16-9-19-14(10-20(16)29(17)2)4-3-5-18-23(19)27-25(32)22(24(18)31)26(33)34/h8-10,15,21H,3-7,11-13H2,1-2H3,(H,33,34)(H2,27,31,32). The van der Waals surface area contributed by atoms with Crippen LogP contribution in [-0.4, -0.2) is 68.3 Å². The van der Waals surface area contributed by atoms with Crippen LogP contribution < -0.4 is 5.56 Å². The number of fused-ring (bicyclic) bond motifs is 5. The van der Waals surface area contributed by atoms with Crippen molar-refractivity contribution in [2.24, 2.45) is 13.0 Å². The zero-order valence-electron chi connectivity index (χ0n) is 19.6. The Labute approximate surface area is 197 Å². The van der Waals surface area contributed by atoms with Crippen molar-refractivity contribution >= 4 is 16.9 Å². The minimum absolute atomic E-state index is 0.405. The van der Waals surface area contributed by atoms with Gasteiger partial charge in [-0.3, -0.25) is 9.69 Å². The molecular formula is C26H30N4O4. The highest BCUT2D eigenvalue weighted by molar-refractivity contribution is 5.93. The largest absolute Gasteiger partial charge is 0.506 e. The Balaban J connectivity index is 1.40. The highest BCUT2D eigenvalue weighted by Gasteiger charge is 2.39. The molecule has 0 radical (unpaired) electrons. The number of hydrogen-bond acceptors (Lipinski definition) is 5. The van der Waals surface area contributed by atoms with Gasteiger partial charge in [-0.2, -0.15) is 0 Å². The van der Waals surface area contributed by atoms with E-state index in [0.29, 0.717) is 23.7 Å². The Morgan fingerprint density at radius 3 is 2.76 bits per heavy atom. The molecule has 2 aromatic heterocycles. The summed E-state index contributed by atoms with van der Waals surface area (Å²) in [5.41, 5.74) is 4.11. The number of likely N-dealkylation sites (tertiary alicyclic amines) is 2. The number of H-pyrrole nitrogens is 1. The van der Waals surface area contributed by atoms with Crippen molar-refractivity contribution in [2.45, 2.75) is 38.3 Å². The summed E-state index contributed by atoms with van der Waals surface area (Å²) < 4.78 is 2.27. The van der Waals surface area contributed by atoms with Gasteiger partial charge in [0.25, 0.3) is 5.56 Å². The molecule has 2 atom stereocenters. The normalized spacial score (nSPS) is 22.5. The first-order valence-corrected chi connectivity index (χ1v) is 12.1. The van der Waals surface area contributed by atoms with Gasteiger partial charge in [-0.1, -0.05) is 0 Å². The monoisotopic (exact) mass is 462 g/mol. The molecule has 1 aliphatic carbocycles. The highest BCUT2D eigenvalue weighted by Crippen LogP contribution is 2.39. The maximum atomic E-state index is 12.5. The van der Waals surface area contributed by atoms with E-state index < -0.39 is 22.8 Å². The number of aryl methyl sites for hydroxylation is 2. The molecule has 4 heterocycles. The van der Waals surface area contributed by atoms with Crippen LogP contribution in [0.25, 0.3) is 22.2 Å². The molecule has 8 nitrogen and oxygen atoms in total. The second-order valence-corrected chi connectivity index (χ2v) is 10.2. The summed E-state index contributed by atoms with van der Waals surface area (Å²) in [6, 6.07) is 7.17. The van der Waals surface area contributed by atoms with E-state index in [1.54, 1.807) is 0 Å². The Morgan fingerprint density at radius 1 is 1.18 bits per heavy atom. The molecule has 3 aromatic rings. The summed E-state index contributed by atoms with van der Waals surface area (Å²) in [6.07, 6.45) is 3.37. The predicted octanol–water partition coefficient (Wildman–Crippen LogP) is 2.56. The maximum Gasteiger partial charge on any atom is 0.345 e. The molecular weight excluding hydrogens is 432 g/mol. The number of likely N-dealkylation sites (N-methyl/N-ethyl adjacent to an activating group) is 1. The van der Waals surface area contributed by atoms with Crippen LogP contribution in [0.5, 0.6) is 5.75 Å². The minimum atomic E-state index is -1.41. The fourth-order valence-corrected chi connectivity index (χ4v) is 6.45. The first-order chi connectivity index (χ1) is 16.3. The third-order valence-corrected chi connectivity index (χ3v) is 8.30. The number of carboxylic acids is 1. The molecule has 0 saturated carbocycles. The van der Waals surface area contributed by atoms with Gasteiger partial charge >= 0.3 is 5.97 Å². The fraction of sp³-hybridized carbons (Fsp3) is 0.462. The van der Waals surface area contributed by atoms with Gasteiger partial charge in [-0.05, 0) is 69.0 Å². The van der Waals surface area contributed by atoms with Gasteiger partial charge < -0.3 is 24.7 Å². The van der Waals surface area contributed by atoms with Crippen molar-refractivity contribution in [1.29, 1.82) is 0 Å². The molecule has 0 amide bonds. The number of rotatable bonds is 3. The number of carboxylic acid groups (broad SMARTS) is 1. The second kappa shape index (κ2) is 7.71. The zero-order valence-corrected chi connectivity index (χ0v) is 19.6. The number of carbonyl (C=O) groups is 1. The van der Waals surface area contributed by atoms with E-state index in [1.165, 1.54) is 18.7 Å². The van der Waals surface area contributed by atoms with Gasteiger partial charge in [0.15, 0.2) is 5.56 Å². The number of aromatic carboxylic acids is 1. The number of nitrogens with zero attached hydrogens (tertiary/aromatic N) is 3. The Kier molecular flexibility index (Phi) is 4.86. The van der Waals surface area contributed by atoms with Crippen LogP contribution in [0, 0.1) is 5.92 Å². The van der Waals surface area contributed by atoms with E-state index in [1.807, 2.05) is 0 Å². The van der Waals surface area contributed by atoms with Crippen molar-refractivity contribution in [3.8, 4) is 17.0 Å². The first kappa shape index (κ1) is 21.4. The van der Waals surface area contributed by atoms with Gasteiger partial charge in [0, 0.05) is 60.4 Å². The highest BCUT2D eigenvalue weighted by atomic mass is 16.4. The number of hydrogen-bond donors (Lipinski definition) is 3. The molecule has 3 aliphatic rings. The summed E-state index contributed by atoms with van der Waals surface area (Å²) in [5, 5.41) is 21.1. The molecule has 178 valence electrons. The first-order valence-electron chi connectivity index (χ1n) is 12.1. The van der Waals surface area contributed by atoms with Crippen molar-refractivity contribution in [2.75, 3.05) is 26.7 Å². The lowest BCUT2D eigenvalue weighted by Crippen LogP contribution is -2.32. The smallest absolute Gasteiger partial charge is 0.345 e. The summed E-state index contributed by atoms with van der Waals surface area (Å²) >= 11 is 0. The molecule has 2 saturated heterocycles. The third-order valence-electron chi connectivity index (χ3n) is 8.30. The molecule has 6 rings (SSSR count). The minimum Gasteiger partial charge on any atom is -0.506 e. The quantitative estimate of drug-likeness (QED) is 0.553. The van der Waals surface area contributed by atoms with Crippen LogP contribution in [0.3, 0.4) is 0 Å². The summed E-state index contributed by atoms with van der Waals surface area (Å²) in [7, 11) is 4.35. The van der Waals surface area contributed by atoms with E-state index in [0.717, 1.165) is 60.4 Å². The van der Waals surface area contributed by atoms with Crippen molar-refractivity contribution in [3.63, 3.8) is 0 Å². The predicted molar refractivity (Wildman–Crippen MR) is 129 cm³/mol. The summed E-state index contributed by atoms with van der Waals surface area (Å²) in [4.78, 5) is 31.8. The van der Waals surface area contributed by atoms with Gasteiger partial charge in [0.2, 0.25) is 0 Å². The van der Waals surface area contributed by atoms with E-state index in [2.05, 4.69) is 51.6 Å². The van der Waals surface area contributed by atoms with E-state index in [-0.39, 0.29) is 0 Å². The average molecular weight is 463 g/mol. The van der Waals surface area contributed by atoms with Gasteiger partial charge in [0.1, 0.15) is 5.75 Å². The summed E-state index contributed by atoms with van der Waals surface area (Å²) in [6.45, 7) is 4.37. The maximum absolute atomic E-state index is 12.5. The number of aromatic hydroxyl groups is 1. The van der Waals surface area contributed by atoms with Gasteiger partial charge in [0.05, 0.1) is 5.69 Å². The lowest BCUT2D eigenvalue weighted by Gasteiger charge is -2.20. The van der Waals surface area contributed by atoms with Crippen LogP contribution in [0.2, 0.25) is 0 Å². The second-order valence-electron chi connectivity index (χ2n) is 10.2. The lowest BCUT2D eigenvalue weighted by molar-refractivity contribution is 0.0691. The molecule has 8 heteroatoms. The van der Waals surface area contributed by atoms with E-state index in [9.17, 15) is 19.8 Å². The van der Waals surface area contributed by atoms with Crippen LogP contribution in [-0.2, 0) is 26.4 Å². The molecule has 3 N–H and O–H groups in total. The van der Waals surface area contributed by atoms with E-state index in [4.69, 9.17) is 0 Å². The number of benzene rings is 1. The molecule has 34 heavy (non-hydrogen) atoms. The molecule has 1 aromatic carbocycles. The Bertz CT molecular complexity index is 1390.